The second-order valence-corrected chi connectivity index (χ2v) is 5.37. The van der Waals surface area contributed by atoms with E-state index in [1.165, 1.54) is 0 Å². The highest BCUT2D eigenvalue weighted by atomic mass is 35.5. The molecule has 2 nitrogen and oxygen atoms in total. The molecule has 0 amide bonds. The van der Waals surface area contributed by atoms with E-state index in [0.29, 0.717) is 5.02 Å². The molecule has 0 bridgehead atoms. The van der Waals surface area contributed by atoms with Gasteiger partial charge in [-0.25, -0.2) is 0 Å². The van der Waals surface area contributed by atoms with Gasteiger partial charge in [-0.3, -0.25) is 0 Å². The molecule has 94 valence electrons. The largest absolute Gasteiger partial charge is 0.386 e. The SMILES string of the molecule is Cc1cc(Cl)c(C(O)C2CCC(C)O2)cc1C. The van der Waals surface area contributed by atoms with Crippen molar-refractivity contribution in [2.24, 2.45) is 0 Å². The predicted molar refractivity (Wildman–Crippen MR) is 69.5 cm³/mol. The minimum atomic E-state index is -0.619. The van der Waals surface area contributed by atoms with Crippen molar-refractivity contribution in [2.45, 2.75) is 51.9 Å². The number of rotatable bonds is 2. The molecular formula is C14H19ClO2. The van der Waals surface area contributed by atoms with Crippen LogP contribution in [0.25, 0.3) is 0 Å². The van der Waals surface area contributed by atoms with Gasteiger partial charge >= 0.3 is 0 Å². The molecule has 3 heteroatoms. The van der Waals surface area contributed by atoms with Gasteiger partial charge in [0, 0.05) is 10.6 Å². The summed E-state index contributed by atoms with van der Waals surface area (Å²) in [4.78, 5) is 0. The molecule has 0 aromatic heterocycles. The van der Waals surface area contributed by atoms with Crippen LogP contribution in [0.2, 0.25) is 5.02 Å². The highest BCUT2D eigenvalue weighted by Crippen LogP contribution is 2.34. The van der Waals surface area contributed by atoms with Gasteiger partial charge in [0.05, 0.1) is 12.2 Å². The molecule has 1 N–H and O–H groups in total. The maximum absolute atomic E-state index is 10.3. The topological polar surface area (TPSA) is 29.5 Å². The van der Waals surface area contributed by atoms with E-state index in [0.717, 1.165) is 29.5 Å². The Morgan fingerprint density at radius 2 is 1.94 bits per heavy atom. The van der Waals surface area contributed by atoms with Crippen molar-refractivity contribution in [3.8, 4) is 0 Å². The third-order valence-electron chi connectivity index (χ3n) is 3.55. The van der Waals surface area contributed by atoms with E-state index in [9.17, 15) is 5.11 Å². The molecule has 3 unspecified atom stereocenters. The molecule has 3 atom stereocenters. The summed E-state index contributed by atoms with van der Waals surface area (Å²) in [5.74, 6) is 0. The molecule has 1 fully saturated rings. The second-order valence-electron chi connectivity index (χ2n) is 4.97. The van der Waals surface area contributed by atoms with Crippen molar-refractivity contribution < 1.29 is 9.84 Å². The number of halogens is 1. The average molecular weight is 255 g/mol. The van der Waals surface area contributed by atoms with Crippen molar-refractivity contribution in [2.75, 3.05) is 0 Å². The Bertz CT molecular complexity index is 417. The molecule has 17 heavy (non-hydrogen) atoms. The molecular weight excluding hydrogens is 236 g/mol. The Hall–Kier alpha value is -0.570. The van der Waals surface area contributed by atoms with Gasteiger partial charge in [-0.2, -0.15) is 0 Å². The lowest BCUT2D eigenvalue weighted by atomic mass is 9.98. The summed E-state index contributed by atoms with van der Waals surface area (Å²) in [5, 5.41) is 11.0. The lowest BCUT2D eigenvalue weighted by molar-refractivity contribution is -0.0297. The molecule has 0 aliphatic carbocycles. The number of aryl methyl sites for hydroxylation is 2. The van der Waals surface area contributed by atoms with E-state index in [4.69, 9.17) is 16.3 Å². The Morgan fingerprint density at radius 1 is 1.29 bits per heavy atom. The van der Waals surface area contributed by atoms with Gasteiger partial charge in [-0.15, -0.1) is 0 Å². The van der Waals surface area contributed by atoms with Gasteiger partial charge in [0.15, 0.2) is 0 Å². The minimum Gasteiger partial charge on any atom is -0.386 e. The number of ether oxygens (including phenoxy) is 1. The molecule has 0 spiro atoms. The number of hydrogen-bond donors (Lipinski definition) is 1. The second kappa shape index (κ2) is 4.97. The van der Waals surface area contributed by atoms with Gasteiger partial charge in [0.2, 0.25) is 0 Å². The lowest BCUT2D eigenvalue weighted by Gasteiger charge is -2.20. The van der Waals surface area contributed by atoms with Crippen LogP contribution in [0, 0.1) is 13.8 Å². The molecule has 1 saturated heterocycles. The third-order valence-corrected chi connectivity index (χ3v) is 3.88. The average Bonchev–Trinajstić information content (AvgIpc) is 2.69. The van der Waals surface area contributed by atoms with E-state index < -0.39 is 6.10 Å². The van der Waals surface area contributed by atoms with Crippen LogP contribution in [0.1, 0.15) is 42.6 Å². The molecule has 2 rings (SSSR count). The number of hydrogen-bond acceptors (Lipinski definition) is 2. The highest BCUT2D eigenvalue weighted by Gasteiger charge is 2.30. The zero-order chi connectivity index (χ0) is 12.6. The molecule has 1 aliphatic rings. The first kappa shape index (κ1) is 12.9. The van der Waals surface area contributed by atoms with Crippen LogP contribution in [0.5, 0.6) is 0 Å². The Balaban J connectivity index is 2.24. The van der Waals surface area contributed by atoms with Gasteiger partial charge < -0.3 is 9.84 Å². The maximum atomic E-state index is 10.3. The fourth-order valence-electron chi connectivity index (χ4n) is 2.30. The number of aliphatic hydroxyl groups excluding tert-OH is 1. The molecule has 0 saturated carbocycles. The van der Waals surface area contributed by atoms with E-state index in [1.54, 1.807) is 0 Å². The van der Waals surface area contributed by atoms with Gasteiger partial charge in [-0.05, 0) is 50.8 Å². The normalized spacial score (nSPS) is 26.2. The summed E-state index contributed by atoms with van der Waals surface area (Å²) in [5.41, 5.74) is 3.08. The van der Waals surface area contributed by atoms with Crippen LogP contribution in [0.3, 0.4) is 0 Å². The summed E-state index contributed by atoms with van der Waals surface area (Å²) in [6, 6.07) is 3.88. The predicted octanol–water partition coefficient (Wildman–Crippen LogP) is 3.56. The monoisotopic (exact) mass is 254 g/mol. The van der Waals surface area contributed by atoms with Crippen molar-refractivity contribution in [3.63, 3.8) is 0 Å². The molecule has 1 heterocycles. The van der Waals surface area contributed by atoms with Crippen molar-refractivity contribution in [1.82, 2.24) is 0 Å². The van der Waals surface area contributed by atoms with Gasteiger partial charge in [0.1, 0.15) is 6.10 Å². The van der Waals surface area contributed by atoms with Crippen LogP contribution in [-0.2, 0) is 4.74 Å². The molecule has 0 radical (unpaired) electrons. The molecule has 1 aliphatic heterocycles. The van der Waals surface area contributed by atoms with Crippen molar-refractivity contribution in [1.29, 1.82) is 0 Å². The summed E-state index contributed by atoms with van der Waals surface area (Å²) < 4.78 is 5.69. The first-order chi connectivity index (χ1) is 7.99. The molecule has 1 aromatic carbocycles. The van der Waals surface area contributed by atoms with Gasteiger partial charge in [0.25, 0.3) is 0 Å². The summed E-state index contributed by atoms with van der Waals surface area (Å²) >= 11 is 6.20. The first-order valence-electron chi connectivity index (χ1n) is 6.09. The fraction of sp³-hybridized carbons (Fsp3) is 0.571. The third kappa shape index (κ3) is 2.65. The van der Waals surface area contributed by atoms with Crippen molar-refractivity contribution in [3.05, 3.63) is 33.8 Å². The van der Waals surface area contributed by atoms with Crippen molar-refractivity contribution >= 4 is 11.6 Å². The van der Waals surface area contributed by atoms with Crippen LogP contribution in [0.15, 0.2) is 12.1 Å². The lowest BCUT2D eigenvalue weighted by Crippen LogP contribution is -2.19. The zero-order valence-corrected chi connectivity index (χ0v) is 11.3. The molecule has 1 aromatic rings. The van der Waals surface area contributed by atoms with E-state index in [-0.39, 0.29) is 12.2 Å². The van der Waals surface area contributed by atoms with E-state index >= 15 is 0 Å². The van der Waals surface area contributed by atoms with Crippen LogP contribution in [0.4, 0.5) is 0 Å². The maximum Gasteiger partial charge on any atom is 0.107 e. The highest BCUT2D eigenvalue weighted by molar-refractivity contribution is 6.31. The first-order valence-corrected chi connectivity index (χ1v) is 6.47. The fourth-order valence-corrected chi connectivity index (χ4v) is 2.63. The smallest absolute Gasteiger partial charge is 0.107 e. The van der Waals surface area contributed by atoms with E-state index in [2.05, 4.69) is 0 Å². The van der Waals surface area contributed by atoms with E-state index in [1.807, 2.05) is 32.9 Å². The van der Waals surface area contributed by atoms with Crippen LogP contribution >= 0.6 is 11.6 Å². The summed E-state index contributed by atoms with van der Waals surface area (Å²) in [6.07, 6.45) is 1.40. The Morgan fingerprint density at radius 3 is 2.53 bits per heavy atom. The van der Waals surface area contributed by atoms with Gasteiger partial charge in [-0.1, -0.05) is 17.7 Å². The summed E-state index contributed by atoms with van der Waals surface area (Å²) in [6.45, 7) is 6.08. The Kier molecular flexibility index (Phi) is 3.76. The minimum absolute atomic E-state index is 0.121. The summed E-state index contributed by atoms with van der Waals surface area (Å²) in [7, 11) is 0. The quantitative estimate of drug-likeness (QED) is 0.875. The van der Waals surface area contributed by atoms with Crippen LogP contribution < -0.4 is 0 Å². The number of aliphatic hydroxyl groups is 1. The number of benzene rings is 1. The standard InChI is InChI=1S/C14H19ClO2/c1-8-6-11(12(15)7-9(8)2)14(16)13-5-4-10(3)17-13/h6-7,10,13-14,16H,4-5H2,1-3H3. The Labute approximate surface area is 108 Å². The van der Waals surface area contributed by atoms with Crippen LogP contribution in [-0.4, -0.2) is 17.3 Å². The zero-order valence-electron chi connectivity index (χ0n) is 10.5.